The van der Waals surface area contributed by atoms with Crippen LogP contribution in [0.3, 0.4) is 0 Å². The van der Waals surface area contributed by atoms with Gasteiger partial charge in [0.25, 0.3) is 5.91 Å². The first-order valence-corrected chi connectivity index (χ1v) is 6.65. The van der Waals surface area contributed by atoms with E-state index in [0.717, 1.165) is 16.7 Å². The minimum absolute atomic E-state index is 0.197. The molecule has 1 aliphatic rings. The van der Waals surface area contributed by atoms with Crippen molar-refractivity contribution < 1.29 is 9.53 Å². The van der Waals surface area contributed by atoms with Gasteiger partial charge >= 0.3 is 0 Å². The molecule has 0 saturated heterocycles. The Balaban J connectivity index is 1.86. The minimum atomic E-state index is -0.197. The highest BCUT2D eigenvalue weighted by molar-refractivity contribution is 6.32. The Hall–Kier alpha value is -1.91. The number of halogens is 1. The van der Waals surface area contributed by atoms with Gasteiger partial charge < -0.3 is 10.1 Å². The predicted octanol–water partition coefficient (Wildman–Crippen LogP) is 3.33. The summed E-state index contributed by atoms with van der Waals surface area (Å²) in [6.45, 7) is 3.05. The van der Waals surface area contributed by atoms with Gasteiger partial charge in [-0.3, -0.25) is 4.79 Å². The van der Waals surface area contributed by atoms with Crippen LogP contribution in [-0.2, 0) is 18.0 Å². The van der Waals surface area contributed by atoms with E-state index in [1.54, 1.807) is 18.3 Å². The molecule has 1 N–H and O–H groups in total. The molecule has 0 bridgehead atoms. The lowest BCUT2D eigenvalue weighted by atomic mass is 10.1. The summed E-state index contributed by atoms with van der Waals surface area (Å²) in [5.74, 6) is -0.197. The van der Waals surface area contributed by atoms with E-state index in [-0.39, 0.29) is 5.91 Å². The zero-order valence-corrected chi connectivity index (χ0v) is 11.7. The number of nitrogens with one attached hydrogen (secondary N) is 1. The Morgan fingerprint density at radius 1 is 1.30 bits per heavy atom. The van der Waals surface area contributed by atoms with E-state index in [0.29, 0.717) is 29.6 Å². The number of carbonyl (C=O) groups is 1. The van der Waals surface area contributed by atoms with Crippen molar-refractivity contribution in [3.63, 3.8) is 0 Å². The van der Waals surface area contributed by atoms with Crippen LogP contribution in [-0.4, -0.2) is 10.9 Å². The largest absolute Gasteiger partial charge is 0.372 e. The Morgan fingerprint density at radius 2 is 2.10 bits per heavy atom. The molecule has 0 atom stereocenters. The lowest BCUT2D eigenvalue weighted by Crippen LogP contribution is -2.14. The smallest absolute Gasteiger partial charge is 0.255 e. The molecule has 0 fully saturated rings. The monoisotopic (exact) mass is 288 g/mol. The second-order valence-corrected chi connectivity index (χ2v) is 5.08. The maximum atomic E-state index is 12.3. The first-order valence-electron chi connectivity index (χ1n) is 6.27. The summed E-state index contributed by atoms with van der Waals surface area (Å²) in [6.07, 6.45) is 1.61. The highest BCUT2D eigenvalue weighted by atomic mass is 35.5. The van der Waals surface area contributed by atoms with Crippen molar-refractivity contribution in [3.05, 3.63) is 57.9 Å². The number of rotatable bonds is 2. The molecule has 0 aliphatic carbocycles. The van der Waals surface area contributed by atoms with Crippen LogP contribution >= 0.6 is 11.6 Å². The standard InChI is InChI=1S/C15H13ClN2O2/c1-9-4-5-17-14(16)13(9)18-15(19)10-2-3-11-7-20-8-12(11)6-10/h2-6H,7-8H2,1H3,(H,18,19). The fourth-order valence-corrected chi connectivity index (χ4v) is 2.43. The number of benzene rings is 1. The molecule has 0 spiro atoms. The number of amides is 1. The third-order valence-corrected chi connectivity index (χ3v) is 3.62. The molecule has 1 aromatic heterocycles. The Labute approximate surface area is 121 Å². The van der Waals surface area contributed by atoms with Crippen molar-refractivity contribution in [1.29, 1.82) is 0 Å². The summed E-state index contributed by atoms with van der Waals surface area (Å²) in [6, 6.07) is 7.38. The van der Waals surface area contributed by atoms with Crippen LogP contribution in [0.15, 0.2) is 30.5 Å². The maximum absolute atomic E-state index is 12.3. The van der Waals surface area contributed by atoms with Crippen LogP contribution in [0.4, 0.5) is 5.69 Å². The van der Waals surface area contributed by atoms with Crippen molar-refractivity contribution in [2.24, 2.45) is 0 Å². The van der Waals surface area contributed by atoms with E-state index in [1.165, 1.54) is 0 Å². The van der Waals surface area contributed by atoms with Crippen LogP contribution in [0, 0.1) is 6.92 Å². The molecular formula is C15H13ClN2O2. The maximum Gasteiger partial charge on any atom is 0.255 e. The van der Waals surface area contributed by atoms with Gasteiger partial charge in [-0.15, -0.1) is 0 Å². The number of pyridine rings is 1. The summed E-state index contributed by atoms with van der Waals surface area (Å²) >= 11 is 6.01. The number of anilines is 1. The van der Waals surface area contributed by atoms with Crippen LogP contribution in [0.2, 0.25) is 5.15 Å². The lowest BCUT2D eigenvalue weighted by Gasteiger charge is -2.10. The number of fused-ring (bicyclic) bond motifs is 1. The highest BCUT2D eigenvalue weighted by Gasteiger charge is 2.16. The third kappa shape index (κ3) is 2.40. The average Bonchev–Trinajstić information content (AvgIpc) is 2.90. The molecule has 0 unspecified atom stereocenters. The molecule has 1 aromatic carbocycles. The molecule has 3 rings (SSSR count). The normalized spacial score (nSPS) is 13.1. The van der Waals surface area contributed by atoms with E-state index < -0.39 is 0 Å². The average molecular weight is 289 g/mol. The van der Waals surface area contributed by atoms with Gasteiger partial charge in [-0.25, -0.2) is 4.98 Å². The summed E-state index contributed by atoms with van der Waals surface area (Å²) in [4.78, 5) is 16.3. The minimum Gasteiger partial charge on any atom is -0.372 e. The number of hydrogen-bond donors (Lipinski definition) is 1. The van der Waals surface area contributed by atoms with Gasteiger partial charge in [0.15, 0.2) is 5.15 Å². The van der Waals surface area contributed by atoms with Gasteiger partial charge in [-0.2, -0.15) is 0 Å². The first kappa shape index (κ1) is 13.1. The van der Waals surface area contributed by atoms with Crippen LogP contribution < -0.4 is 5.32 Å². The molecule has 0 saturated carbocycles. The van der Waals surface area contributed by atoms with Crippen molar-refractivity contribution >= 4 is 23.2 Å². The van der Waals surface area contributed by atoms with Crippen molar-refractivity contribution in [1.82, 2.24) is 4.98 Å². The van der Waals surface area contributed by atoms with Gasteiger partial charge in [0.05, 0.1) is 18.9 Å². The van der Waals surface area contributed by atoms with Gasteiger partial charge in [0.2, 0.25) is 0 Å². The highest BCUT2D eigenvalue weighted by Crippen LogP contribution is 2.25. The number of aromatic nitrogens is 1. The Bertz CT molecular complexity index is 665. The Kier molecular flexibility index (Phi) is 3.42. The van der Waals surface area contributed by atoms with Gasteiger partial charge in [0.1, 0.15) is 0 Å². The third-order valence-electron chi connectivity index (χ3n) is 3.34. The fraction of sp³-hybridized carbons (Fsp3) is 0.200. The summed E-state index contributed by atoms with van der Waals surface area (Å²) in [7, 11) is 0. The molecule has 20 heavy (non-hydrogen) atoms. The summed E-state index contributed by atoms with van der Waals surface area (Å²) < 4.78 is 5.34. The molecule has 1 aliphatic heterocycles. The van der Waals surface area contributed by atoms with Crippen molar-refractivity contribution in [2.45, 2.75) is 20.1 Å². The van der Waals surface area contributed by atoms with E-state index in [9.17, 15) is 4.79 Å². The zero-order chi connectivity index (χ0) is 14.1. The van der Waals surface area contributed by atoms with Crippen LogP contribution in [0.1, 0.15) is 27.0 Å². The lowest BCUT2D eigenvalue weighted by molar-refractivity contribution is 0.102. The molecule has 2 heterocycles. The zero-order valence-electron chi connectivity index (χ0n) is 10.9. The molecule has 1 amide bonds. The number of nitrogens with zero attached hydrogens (tertiary/aromatic N) is 1. The van der Waals surface area contributed by atoms with Crippen LogP contribution in [0.5, 0.6) is 0 Å². The van der Waals surface area contributed by atoms with Gasteiger partial charge in [-0.05, 0) is 41.8 Å². The quantitative estimate of drug-likeness (QED) is 0.863. The van der Waals surface area contributed by atoms with Crippen molar-refractivity contribution in [3.8, 4) is 0 Å². The molecule has 2 aromatic rings. The van der Waals surface area contributed by atoms with Crippen molar-refractivity contribution in [2.75, 3.05) is 5.32 Å². The Morgan fingerprint density at radius 3 is 2.90 bits per heavy atom. The molecule has 4 nitrogen and oxygen atoms in total. The van der Waals surface area contributed by atoms with E-state index in [2.05, 4.69) is 10.3 Å². The number of ether oxygens (including phenoxy) is 1. The SMILES string of the molecule is Cc1ccnc(Cl)c1NC(=O)c1ccc2c(c1)COC2. The van der Waals surface area contributed by atoms with E-state index >= 15 is 0 Å². The van der Waals surface area contributed by atoms with E-state index in [4.69, 9.17) is 16.3 Å². The fourth-order valence-electron chi connectivity index (χ4n) is 2.17. The predicted molar refractivity (Wildman–Crippen MR) is 76.9 cm³/mol. The summed E-state index contributed by atoms with van der Waals surface area (Å²) in [5.41, 5.74) is 4.22. The number of hydrogen-bond acceptors (Lipinski definition) is 3. The topological polar surface area (TPSA) is 51.2 Å². The second kappa shape index (κ2) is 5.23. The summed E-state index contributed by atoms with van der Waals surface area (Å²) in [5, 5.41) is 3.11. The number of aryl methyl sites for hydroxylation is 1. The molecule has 5 heteroatoms. The van der Waals surface area contributed by atoms with Crippen LogP contribution in [0.25, 0.3) is 0 Å². The molecule has 0 radical (unpaired) electrons. The van der Waals surface area contributed by atoms with Gasteiger partial charge in [0, 0.05) is 11.8 Å². The van der Waals surface area contributed by atoms with Gasteiger partial charge in [-0.1, -0.05) is 17.7 Å². The molecule has 102 valence electrons. The first-order chi connectivity index (χ1) is 9.65. The van der Waals surface area contributed by atoms with E-state index in [1.807, 2.05) is 19.1 Å². The number of carbonyl (C=O) groups excluding carboxylic acids is 1. The second-order valence-electron chi connectivity index (χ2n) is 4.72. The molecular weight excluding hydrogens is 276 g/mol.